The highest BCUT2D eigenvalue weighted by molar-refractivity contribution is 6.05. The lowest BCUT2D eigenvalue weighted by molar-refractivity contribution is 0.0596. The van der Waals surface area contributed by atoms with Crippen LogP contribution in [0.2, 0.25) is 0 Å². The summed E-state index contributed by atoms with van der Waals surface area (Å²) in [6, 6.07) is 12.2. The third-order valence-corrected chi connectivity index (χ3v) is 3.86. The van der Waals surface area contributed by atoms with Crippen molar-refractivity contribution in [1.29, 1.82) is 0 Å². The molecule has 2 aromatic rings. The Kier molecular flexibility index (Phi) is 6.17. The van der Waals surface area contributed by atoms with E-state index in [9.17, 15) is 9.59 Å². The molecule has 1 amide bonds. The van der Waals surface area contributed by atoms with Gasteiger partial charge >= 0.3 is 5.97 Å². The average Bonchev–Trinajstić information content (AvgIpc) is 2.62. The molecule has 1 unspecified atom stereocenters. The van der Waals surface area contributed by atoms with Gasteiger partial charge in [-0.15, -0.1) is 0 Å². The van der Waals surface area contributed by atoms with Gasteiger partial charge in [-0.2, -0.15) is 0 Å². The van der Waals surface area contributed by atoms with Gasteiger partial charge in [-0.25, -0.2) is 4.79 Å². The van der Waals surface area contributed by atoms with Gasteiger partial charge in [0, 0.05) is 5.56 Å². The molecule has 1 atom stereocenters. The van der Waals surface area contributed by atoms with Crippen LogP contribution in [-0.4, -0.2) is 25.6 Å². The lowest BCUT2D eigenvalue weighted by Gasteiger charge is -2.19. The van der Waals surface area contributed by atoms with Crippen molar-refractivity contribution in [2.75, 3.05) is 13.7 Å². The van der Waals surface area contributed by atoms with Gasteiger partial charge in [0.05, 0.1) is 30.9 Å². The van der Waals surface area contributed by atoms with Crippen LogP contribution < -0.4 is 10.1 Å². The molecule has 0 fully saturated rings. The highest BCUT2D eigenvalue weighted by Crippen LogP contribution is 2.27. The normalized spacial score (nSPS) is 11.5. The zero-order chi connectivity index (χ0) is 18.4. The number of methoxy groups -OCH3 is 1. The van der Waals surface area contributed by atoms with Gasteiger partial charge in [0.15, 0.2) is 0 Å². The molecule has 0 aliphatic carbocycles. The van der Waals surface area contributed by atoms with Crippen molar-refractivity contribution in [2.24, 2.45) is 0 Å². The SMILES string of the molecule is CCOc1ccc(C)cc1C(C)NC(=O)c1ccccc1C(=O)OC. The second-order valence-electron chi connectivity index (χ2n) is 5.71. The Hall–Kier alpha value is -2.82. The molecule has 0 bridgehead atoms. The van der Waals surface area contributed by atoms with Crippen molar-refractivity contribution in [3.05, 3.63) is 64.7 Å². The Morgan fingerprint density at radius 3 is 2.44 bits per heavy atom. The van der Waals surface area contributed by atoms with E-state index in [4.69, 9.17) is 9.47 Å². The van der Waals surface area contributed by atoms with Crippen LogP contribution in [0.1, 0.15) is 51.7 Å². The number of carbonyl (C=O) groups excluding carboxylic acids is 2. The van der Waals surface area contributed by atoms with Crippen LogP contribution in [0.25, 0.3) is 0 Å². The molecule has 0 radical (unpaired) electrons. The predicted octanol–water partition coefficient (Wildman–Crippen LogP) is 3.67. The number of hydrogen-bond acceptors (Lipinski definition) is 4. The summed E-state index contributed by atoms with van der Waals surface area (Å²) >= 11 is 0. The van der Waals surface area contributed by atoms with Crippen LogP contribution in [0.15, 0.2) is 42.5 Å². The van der Waals surface area contributed by atoms with Crippen molar-refractivity contribution in [3.63, 3.8) is 0 Å². The van der Waals surface area contributed by atoms with E-state index in [2.05, 4.69) is 5.32 Å². The summed E-state index contributed by atoms with van der Waals surface area (Å²) in [5, 5.41) is 2.93. The summed E-state index contributed by atoms with van der Waals surface area (Å²) in [5.41, 5.74) is 2.50. The van der Waals surface area contributed by atoms with E-state index in [0.29, 0.717) is 6.61 Å². The Labute approximate surface area is 148 Å². The number of amides is 1. The molecule has 0 saturated carbocycles. The molecule has 2 aromatic carbocycles. The van der Waals surface area contributed by atoms with Crippen molar-refractivity contribution in [1.82, 2.24) is 5.32 Å². The number of carbonyl (C=O) groups is 2. The topological polar surface area (TPSA) is 64.6 Å². The fourth-order valence-electron chi connectivity index (χ4n) is 2.61. The zero-order valence-corrected chi connectivity index (χ0v) is 15.0. The first-order valence-electron chi connectivity index (χ1n) is 8.19. The standard InChI is InChI=1S/C20H23NO4/c1-5-25-18-11-10-13(2)12-17(18)14(3)21-19(22)15-8-6-7-9-16(15)20(23)24-4/h6-12,14H,5H2,1-4H3,(H,21,22). The molecule has 132 valence electrons. The summed E-state index contributed by atoms with van der Waals surface area (Å²) in [5.74, 6) is -0.136. The molecule has 0 saturated heterocycles. The Morgan fingerprint density at radius 1 is 1.12 bits per heavy atom. The van der Waals surface area contributed by atoms with E-state index >= 15 is 0 Å². The minimum Gasteiger partial charge on any atom is -0.494 e. The molecule has 0 aliphatic heterocycles. The van der Waals surface area contributed by atoms with Gasteiger partial charge in [0.25, 0.3) is 5.91 Å². The van der Waals surface area contributed by atoms with E-state index in [-0.39, 0.29) is 23.1 Å². The van der Waals surface area contributed by atoms with Crippen LogP contribution in [-0.2, 0) is 4.74 Å². The molecule has 0 spiro atoms. The quantitative estimate of drug-likeness (QED) is 0.814. The number of hydrogen-bond donors (Lipinski definition) is 1. The largest absolute Gasteiger partial charge is 0.494 e. The maximum atomic E-state index is 12.7. The average molecular weight is 341 g/mol. The first-order chi connectivity index (χ1) is 12.0. The lowest BCUT2D eigenvalue weighted by atomic mass is 10.0. The maximum absolute atomic E-state index is 12.7. The summed E-state index contributed by atoms with van der Waals surface area (Å²) < 4.78 is 10.4. The third-order valence-electron chi connectivity index (χ3n) is 3.86. The van der Waals surface area contributed by atoms with Crippen molar-refractivity contribution < 1.29 is 19.1 Å². The smallest absolute Gasteiger partial charge is 0.338 e. The van der Waals surface area contributed by atoms with Crippen LogP contribution in [0, 0.1) is 6.92 Å². The first kappa shape index (κ1) is 18.5. The highest BCUT2D eigenvalue weighted by Gasteiger charge is 2.20. The zero-order valence-electron chi connectivity index (χ0n) is 15.0. The summed E-state index contributed by atoms with van der Waals surface area (Å²) in [7, 11) is 1.29. The van der Waals surface area contributed by atoms with E-state index in [1.807, 2.05) is 39.0 Å². The number of esters is 1. The van der Waals surface area contributed by atoms with Crippen LogP contribution in [0.5, 0.6) is 5.75 Å². The van der Waals surface area contributed by atoms with Gasteiger partial charge < -0.3 is 14.8 Å². The molecule has 1 N–H and O–H groups in total. The minimum absolute atomic E-state index is 0.240. The summed E-state index contributed by atoms with van der Waals surface area (Å²) in [4.78, 5) is 24.5. The van der Waals surface area contributed by atoms with Gasteiger partial charge in [0.1, 0.15) is 5.75 Å². The summed E-state index contributed by atoms with van der Waals surface area (Å²) in [6.07, 6.45) is 0. The number of ether oxygens (including phenoxy) is 2. The number of aryl methyl sites for hydroxylation is 1. The molecular formula is C20H23NO4. The molecule has 0 aromatic heterocycles. The van der Waals surface area contributed by atoms with Gasteiger partial charge in [-0.3, -0.25) is 4.79 Å². The van der Waals surface area contributed by atoms with E-state index < -0.39 is 5.97 Å². The van der Waals surface area contributed by atoms with Gasteiger partial charge in [0.2, 0.25) is 0 Å². The maximum Gasteiger partial charge on any atom is 0.338 e. The fourth-order valence-corrected chi connectivity index (χ4v) is 2.61. The highest BCUT2D eigenvalue weighted by atomic mass is 16.5. The van der Waals surface area contributed by atoms with Gasteiger partial charge in [-0.1, -0.05) is 29.8 Å². The molecule has 25 heavy (non-hydrogen) atoms. The number of benzene rings is 2. The molecule has 5 heteroatoms. The molecule has 0 aliphatic rings. The van der Waals surface area contributed by atoms with Crippen molar-refractivity contribution in [3.8, 4) is 5.75 Å². The summed E-state index contributed by atoms with van der Waals surface area (Å²) in [6.45, 7) is 6.33. The Morgan fingerprint density at radius 2 is 1.80 bits per heavy atom. The first-order valence-corrected chi connectivity index (χ1v) is 8.19. The predicted molar refractivity (Wildman–Crippen MR) is 96.0 cm³/mol. The van der Waals surface area contributed by atoms with Crippen LogP contribution in [0.4, 0.5) is 0 Å². The van der Waals surface area contributed by atoms with E-state index in [1.165, 1.54) is 7.11 Å². The molecule has 5 nitrogen and oxygen atoms in total. The molecular weight excluding hydrogens is 318 g/mol. The van der Waals surface area contributed by atoms with E-state index in [0.717, 1.165) is 16.9 Å². The van der Waals surface area contributed by atoms with Crippen molar-refractivity contribution >= 4 is 11.9 Å². The fraction of sp³-hybridized carbons (Fsp3) is 0.300. The minimum atomic E-state index is -0.538. The molecule has 2 rings (SSSR count). The Balaban J connectivity index is 2.27. The monoisotopic (exact) mass is 341 g/mol. The number of nitrogens with one attached hydrogen (secondary N) is 1. The lowest BCUT2D eigenvalue weighted by Crippen LogP contribution is -2.28. The third kappa shape index (κ3) is 4.38. The van der Waals surface area contributed by atoms with Crippen LogP contribution in [0.3, 0.4) is 0 Å². The van der Waals surface area contributed by atoms with Gasteiger partial charge in [-0.05, 0) is 39.0 Å². The second-order valence-corrected chi connectivity index (χ2v) is 5.71. The Bertz CT molecular complexity index is 770. The van der Waals surface area contributed by atoms with Crippen molar-refractivity contribution in [2.45, 2.75) is 26.8 Å². The number of rotatable bonds is 6. The second kappa shape index (κ2) is 8.33. The van der Waals surface area contributed by atoms with E-state index in [1.54, 1.807) is 24.3 Å². The van der Waals surface area contributed by atoms with Crippen LogP contribution >= 0.6 is 0 Å². The molecule has 0 heterocycles.